The minimum atomic E-state index is -0.320. The Hall–Kier alpha value is -2.11. The van der Waals surface area contributed by atoms with Crippen molar-refractivity contribution in [2.24, 2.45) is 0 Å². The fourth-order valence-electron chi connectivity index (χ4n) is 3.43. The molecule has 24 heavy (non-hydrogen) atoms. The van der Waals surface area contributed by atoms with Gasteiger partial charge in [0, 0.05) is 22.6 Å². The van der Waals surface area contributed by atoms with Gasteiger partial charge in [0.25, 0.3) is 11.8 Å². The van der Waals surface area contributed by atoms with E-state index in [1.54, 1.807) is 0 Å². The number of anilines is 1. The van der Waals surface area contributed by atoms with Crippen LogP contribution in [0.25, 0.3) is 10.8 Å². The van der Waals surface area contributed by atoms with Crippen LogP contribution < -0.4 is 9.63 Å². The van der Waals surface area contributed by atoms with Crippen molar-refractivity contribution >= 4 is 51.5 Å². The summed E-state index contributed by atoms with van der Waals surface area (Å²) in [5.41, 5.74) is 1.46. The molecule has 1 aromatic carbocycles. The summed E-state index contributed by atoms with van der Waals surface area (Å²) < 4.78 is 0.614. The van der Waals surface area contributed by atoms with Crippen molar-refractivity contribution in [1.82, 2.24) is 0 Å². The van der Waals surface area contributed by atoms with Crippen LogP contribution in [0.1, 0.15) is 25.7 Å². The molecule has 2 heterocycles. The Labute approximate surface area is 147 Å². The quantitative estimate of drug-likeness (QED) is 0.442. The maximum absolute atomic E-state index is 12.8. The topological polar surface area (TPSA) is 64.3 Å². The number of hydrogen-bond acceptors (Lipinski definition) is 3. The van der Waals surface area contributed by atoms with Crippen LogP contribution >= 0.6 is 23.2 Å². The van der Waals surface area contributed by atoms with Crippen LogP contribution in [0.4, 0.5) is 5.69 Å². The fourth-order valence-corrected chi connectivity index (χ4v) is 4.04. The SMILES string of the molecule is O=C1C2=C(CCCC2)C(=O)N1c1c(Cl)cc(Cl)c2c[n+]([O-])ccc12. The van der Waals surface area contributed by atoms with Gasteiger partial charge in [0.2, 0.25) is 0 Å². The molecule has 0 atom stereocenters. The van der Waals surface area contributed by atoms with E-state index in [4.69, 9.17) is 23.2 Å². The highest BCUT2D eigenvalue weighted by Gasteiger charge is 2.41. The first-order valence-corrected chi connectivity index (χ1v) is 8.36. The van der Waals surface area contributed by atoms with Crippen LogP contribution in [0.2, 0.25) is 10.0 Å². The van der Waals surface area contributed by atoms with E-state index in [0.717, 1.165) is 17.7 Å². The third-order valence-electron chi connectivity index (χ3n) is 4.54. The first-order valence-electron chi connectivity index (χ1n) is 7.60. The molecule has 0 unspecified atom stereocenters. The molecular formula is C17H12Cl2N2O3. The van der Waals surface area contributed by atoms with Gasteiger partial charge in [-0.1, -0.05) is 23.2 Å². The Morgan fingerprint density at radius 2 is 1.62 bits per heavy atom. The molecule has 2 aromatic rings. The molecule has 1 aromatic heterocycles. The largest absolute Gasteiger partial charge is 0.619 e. The Kier molecular flexibility index (Phi) is 3.51. The second kappa shape index (κ2) is 5.46. The molecule has 5 nitrogen and oxygen atoms in total. The van der Waals surface area contributed by atoms with Crippen molar-refractivity contribution in [2.75, 3.05) is 4.90 Å². The molecule has 0 saturated carbocycles. The molecule has 0 N–H and O–H groups in total. The number of fused-ring (bicyclic) bond motifs is 1. The van der Waals surface area contributed by atoms with E-state index in [1.165, 1.54) is 24.5 Å². The Morgan fingerprint density at radius 1 is 1.00 bits per heavy atom. The number of aromatic nitrogens is 1. The summed E-state index contributed by atoms with van der Waals surface area (Å²) in [5, 5.41) is 13.0. The van der Waals surface area contributed by atoms with Crippen molar-refractivity contribution in [2.45, 2.75) is 25.7 Å². The van der Waals surface area contributed by atoms with Crippen LogP contribution in [-0.2, 0) is 9.59 Å². The highest BCUT2D eigenvalue weighted by Crippen LogP contribution is 2.43. The predicted molar refractivity (Wildman–Crippen MR) is 90.9 cm³/mol. The summed E-state index contributed by atoms with van der Waals surface area (Å²) in [6, 6.07) is 2.98. The van der Waals surface area contributed by atoms with Crippen molar-refractivity contribution < 1.29 is 14.3 Å². The van der Waals surface area contributed by atoms with E-state index in [-0.39, 0.29) is 16.8 Å². The molecule has 7 heteroatoms. The second-order valence-electron chi connectivity index (χ2n) is 5.93. The molecule has 2 amide bonds. The number of halogens is 2. The summed E-state index contributed by atoms with van der Waals surface area (Å²) in [4.78, 5) is 26.7. The third kappa shape index (κ3) is 2.12. The average Bonchev–Trinajstić information content (AvgIpc) is 2.81. The number of carbonyl (C=O) groups is 2. The number of amides is 2. The summed E-state index contributed by atoms with van der Waals surface area (Å²) in [7, 11) is 0. The zero-order valence-corrected chi connectivity index (χ0v) is 14.0. The van der Waals surface area contributed by atoms with Crippen molar-refractivity contribution in [3.05, 3.63) is 50.9 Å². The van der Waals surface area contributed by atoms with Gasteiger partial charge in [-0.05, 0) is 31.7 Å². The molecule has 1 aliphatic heterocycles. The minimum Gasteiger partial charge on any atom is -0.619 e. The molecule has 1 aliphatic carbocycles. The maximum atomic E-state index is 12.8. The molecule has 2 aliphatic rings. The molecule has 0 saturated heterocycles. The Morgan fingerprint density at radius 3 is 2.25 bits per heavy atom. The van der Waals surface area contributed by atoms with Gasteiger partial charge in [-0.25, -0.2) is 4.90 Å². The number of benzene rings is 1. The van der Waals surface area contributed by atoms with E-state index in [2.05, 4.69) is 0 Å². The summed E-state index contributed by atoms with van der Waals surface area (Å²) in [5.74, 6) is -0.641. The number of rotatable bonds is 1. The van der Waals surface area contributed by atoms with Gasteiger partial charge in [-0.3, -0.25) is 9.59 Å². The smallest absolute Gasteiger partial charge is 0.261 e. The van der Waals surface area contributed by atoms with Gasteiger partial charge in [-0.15, -0.1) is 0 Å². The number of pyridine rings is 1. The van der Waals surface area contributed by atoms with Crippen LogP contribution in [0.15, 0.2) is 35.7 Å². The second-order valence-corrected chi connectivity index (χ2v) is 6.75. The van der Waals surface area contributed by atoms with Gasteiger partial charge >= 0.3 is 0 Å². The van der Waals surface area contributed by atoms with E-state index in [1.807, 2.05) is 0 Å². The van der Waals surface area contributed by atoms with Crippen molar-refractivity contribution in [3.63, 3.8) is 0 Å². The average molecular weight is 363 g/mol. The lowest BCUT2D eigenvalue weighted by Crippen LogP contribution is -2.32. The fraction of sp³-hybridized carbons (Fsp3) is 0.235. The molecular weight excluding hydrogens is 351 g/mol. The van der Waals surface area contributed by atoms with E-state index in [0.29, 0.717) is 50.2 Å². The standard InChI is InChI=1S/C17H12Cl2N2O3/c18-13-7-14(19)15(9-5-6-20(24)8-12(9)13)21-16(22)10-3-1-2-4-11(10)17(21)23/h5-8H,1-4H2. The van der Waals surface area contributed by atoms with E-state index in [9.17, 15) is 14.8 Å². The zero-order chi connectivity index (χ0) is 17.0. The molecule has 0 spiro atoms. The molecule has 4 rings (SSSR count). The molecule has 0 bridgehead atoms. The predicted octanol–water partition coefficient (Wildman–Crippen LogP) is 3.52. The third-order valence-corrected chi connectivity index (χ3v) is 5.14. The van der Waals surface area contributed by atoms with E-state index < -0.39 is 0 Å². The first-order chi connectivity index (χ1) is 11.5. The monoisotopic (exact) mass is 362 g/mol. The number of hydrogen-bond donors (Lipinski definition) is 0. The first kappa shape index (κ1) is 15.4. The lowest BCUT2D eigenvalue weighted by molar-refractivity contribution is -0.603. The normalized spacial score (nSPS) is 17.8. The minimum absolute atomic E-state index is 0.206. The molecule has 0 radical (unpaired) electrons. The highest BCUT2D eigenvalue weighted by molar-refractivity contribution is 6.44. The number of nitrogens with zero attached hydrogens (tertiary/aromatic N) is 2. The Balaban J connectivity index is 1.95. The van der Waals surface area contributed by atoms with E-state index >= 15 is 0 Å². The van der Waals surface area contributed by atoms with Gasteiger partial charge in [-0.2, -0.15) is 4.73 Å². The van der Waals surface area contributed by atoms with Crippen LogP contribution in [-0.4, -0.2) is 11.8 Å². The van der Waals surface area contributed by atoms with Gasteiger partial charge in [0.05, 0.1) is 21.1 Å². The lowest BCUT2D eigenvalue weighted by Gasteiger charge is -2.19. The maximum Gasteiger partial charge on any atom is 0.261 e. The number of imide groups is 1. The molecule has 122 valence electrons. The van der Waals surface area contributed by atoms with Gasteiger partial charge in [0.15, 0.2) is 12.4 Å². The van der Waals surface area contributed by atoms with Gasteiger partial charge < -0.3 is 5.21 Å². The van der Waals surface area contributed by atoms with Crippen LogP contribution in [0, 0.1) is 5.21 Å². The van der Waals surface area contributed by atoms with Crippen LogP contribution in [0.3, 0.4) is 0 Å². The summed E-state index contributed by atoms with van der Waals surface area (Å²) in [6.45, 7) is 0. The highest BCUT2D eigenvalue weighted by atomic mass is 35.5. The summed E-state index contributed by atoms with van der Waals surface area (Å²) in [6.07, 6.45) is 5.61. The van der Waals surface area contributed by atoms with Crippen molar-refractivity contribution in [1.29, 1.82) is 0 Å². The van der Waals surface area contributed by atoms with Crippen LogP contribution in [0.5, 0.6) is 0 Å². The molecule has 0 fully saturated rings. The lowest BCUT2D eigenvalue weighted by atomic mass is 9.93. The summed E-state index contributed by atoms with van der Waals surface area (Å²) >= 11 is 12.5. The number of carbonyl (C=O) groups excluding carboxylic acids is 2. The van der Waals surface area contributed by atoms with Gasteiger partial charge in [0.1, 0.15) is 0 Å². The van der Waals surface area contributed by atoms with Crippen molar-refractivity contribution in [3.8, 4) is 0 Å². The zero-order valence-electron chi connectivity index (χ0n) is 12.5. The Bertz CT molecular complexity index is 924.